The molecule has 0 aromatic carbocycles. The van der Waals surface area contributed by atoms with Gasteiger partial charge < -0.3 is 10.6 Å². The second kappa shape index (κ2) is 5.07. The third kappa shape index (κ3) is 2.79. The van der Waals surface area contributed by atoms with E-state index in [4.69, 9.17) is 0 Å². The second-order valence-corrected chi connectivity index (χ2v) is 4.19. The number of carbonyl (C=O) groups is 1. The van der Waals surface area contributed by atoms with Gasteiger partial charge in [-0.05, 0) is 25.5 Å². The van der Waals surface area contributed by atoms with Crippen molar-refractivity contribution >= 4 is 5.91 Å². The molecule has 4 nitrogen and oxygen atoms in total. The first-order valence-corrected chi connectivity index (χ1v) is 5.69. The summed E-state index contributed by atoms with van der Waals surface area (Å²) in [6.45, 7) is 2.89. The highest BCUT2D eigenvalue weighted by Gasteiger charge is 2.20. The maximum atomic E-state index is 11.0. The number of aromatic nitrogens is 1. The molecule has 1 aliphatic heterocycles. The van der Waals surface area contributed by atoms with Crippen LogP contribution in [0, 0.1) is 0 Å². The van der Waals surface area contributed by atoms with Crippen molar-refractivity contribution in [2.75, 3.05) is 6.54 Å². The Balaban J connectivity index is 1.80. The smallest absolute Gasteiger partial charge is 0.220 e. The molecule has 2 atom stereocenters. The lowest BCUT2D eigenvalue weighted by Gasteiger charge is -2.16. The number of carbonyl (C=O) groups excluding carboxylic acids is 1. The first-order chi connectivity index (χ1) is 7.75. The number of amides is 1. The van der Waals surface area contributed by atoms with Crippen LogP contribution in [0.25, 0.3) is 0 Å². The largest absolute Gasteiger partial charge is 0.352 e. The Morgan fingerprint density at radius 3 is 3.12 bits per heavy atom. The van der Waals surface area contributed by atoms with Gasteiger partial charge >= 0.3 is 0 Å². The molecule has 4 heteroatoms. The van der Waals surface area contributed by atoms with E-state index in [9.17, 15) is 4.79 Å². The number of rotatable bonds is 4. The topological polar surface area (TPSA) is 54.0 Å². The first-order valence-electron chi connectivity index (χ1n) is 5.69. The summed E-state index contributed by atoms with van der Waals surface area (Å²) in [6.07, 6.45) is 3.38. The zero-order chi connectivity index (χ0) is 11.4. The van der Waals surface area contributed by atoms with Crippen LogP contribution in [0.3, 0.4) is 0 Å². The predicted molar refractivity (Wildman–Crippen MR) is 61.8 cm³/mol. The van der Waals surface area contributed by atoms with Crippen LogP contribution in [-0.2, 0) is 4.79 Å². The lowest BCUT2D eigenvalue weighted by molar-refractivity contribution is -0.119. The fraction of sp³-hybridized carbons (Fsp3) is 0.500. The molecular weight excluding hydrogens is 202 g/mol. The van der Waals surface area contributed by atoms with Gasteiger partial charge in [0.15, 0.2) is 0 Å². The summed E-state index contributed by atoms with van der Waals surface area (Å²) in [7, 11) is 0. The van der Waals surface area contributed by atoms with E-state index >= 15 is 0 Å². The molecule has 86 valence electrons. The van der Waals surface area contributed by atoms with Gasteiger partial charge in [-0.15, -0.1) is 0 Å². The highest BCUT2D eigenvalue weighted by Crippen LogP contribution is 2.10. The van der Waals surface area contributed by atoms with E-state index in [1.54, 1.807) is 6.20 Å². The molecule has 0 saturated carbocycles. The van der Waals surface area contributed by atoms with Crippen molar-refractivity contribution in [1.82, 2.24) is 15.6 Å². The van der Waals surface area contributed by atoms with Crippen molar-refractivity contribution in [2.45, 2.75) is 31.8 Å². The van der Waals surface area contributed by atoms with Crippen molar-refractivity contribution < 1.29 is 4.79 Å². The molecule has 2 heterocycles. The van der Waals surface area contributed by atoms with Crippen LogP contribution in [0.5, 0.6) is 0 Å². The third-order valence-corrected chi connectivity index (χ3v) is 2.89. The minimum Gasteiger partial charge on any atom is -0.352 e. The molecule has 0 aliphatic carbocycles. The van der Waals surface area contributed by atoms with E-state index in [1.165, 1.54) is 0 Å². The van der Waals surface area contributed by atoms with Crippen molar-refractivity contribution in [3.8, 4) is 0 Å². The lowest BCUT2D eigenvalue weighted by Crippen LogP contribution is -2.36. The van der Waals surface area contributed by atoms with Gasteiger partial charge in [-0.1, -0.05) is 6.07 Å². The van der Waals surface area contributed by atoms with E-state index in [1.807, 2.05) is 18.2 Å². The fourth-order valence-electron chi connectivity index (χ4n) is 1.89. The van der Waals surface area contributed by atoms with Crippen molar-refractivity contribution in [2.24, 2.45) is 0 Å². The minimum absolute atomic E-state index is 0.164. The Kier molecular flexibility index (Phi) is 3.51. The van der Waals surface area contributed by atoms with Gasteiger partial charge in [-0.25, -0.2) is 0 Å². The Morgan fingerprint density at radius 2 is 2.50 bits per heavy atom. The van der Waals surface area contributed by atoms with Crippen LogP contribution >= 0.6 is 0 Å². The van der Waals surface area contributed by atoms with Gasteiger partial charge in [0.05, 0.1) is 5.69 Å². The van der Waals surface area contributed by atoms with Gasteiger partial charge in [0.25, 0.3) is 0 Å². The van der Waals surface area contributed by atoms with E-state index in [2.05, 4.69) is 22.5 Å². The number of nitrogens with one attached hydrogen (secondary N) is 2. The van der Waals surface area contributed by atoms with E-state index < -0.39 is 0 Å². The summed E-state index contributed by atoms with van der Waals surface area (Å²) < 4.78 is 0. The Bertz CT molecular complexity index is 353. The van der Waals surface area contributed by atoms with Crippen LogP contribution < -0.4 is 10.6 Å². The van der Waals surface area contributed by atoms with Crippen LogP contribution in [0.15, 0.2) is 24.4 Å². The molecule has 0 spiro atoms. The molecular formula is C12H17N3O. The minimum atomic E-state index is 0.164. The zero-order valence-corrected chi connectivity index (χ0v) is 9.44. The summed E-state index contributed by atoms with van der Waals surface area (Å²) in [5.41, 5.74) is 1.03. The Hall–Kier alpha value is -1.42. The quantitative estimate of drug-likeness (QED) is 0.794. The van der Waals surface area contributed by atoms with Crippen LogP contribution in [0.2, 0.25) is 0 Å². The van der Waals surface area contributed by atoms with Gasteiger partial charge in [0, 0.05) is 31.2 Å². The average molecular weight is 219 g/mol. The Morgan fingerprint density at radius 1 is 1.62 bits per heavy atom. The van der Waals surface area contributed by atoms with E-state index in [0.717, 1.165) is 18.7 Å². The summed E-state index contributed by atoms with van der Waals surface area (Å²) in [4.78, 5) is 15.3. The normalized spacial score (nSPS) is 21.8. The highest BCUT2D eigenvalue weighted by atomic mass is 16.1. The maximum Gasteiger partial charge on any atom is 0.220 e. The standard InChI is InChI=1S/C12H17N3O/c1-9(11-4-2-3-7-13-11)14-8-10-5-6-12(16)15-10/h2-4,7,9-10,14H,5-6,8H2,1H3,(H,15,16)/t9-,10?/m0/s1. The number of pyridine rings is 1. The predicted octanol–water partition coefficient (Wildman–Crippen LogP) is 1.01. The molecule has 1 unspecified atom stereocenters. The molecule has 1 amide bonds. The molecule has 1 aromatic rings. The monoisotopic (exact) mass is 219 g/mol. The second-order valence-electron chi connectivity index (χ2n) is 4.19. The molecule has 1 fully saturated rings. The van der Waals surface area contributed by atoms with Gasteiger partial charge in [-0.2, -0.15) is 0 Å². The van der Waals surface area contributed by atoms with Crippen molar-refractivity contribution in [3.05, 3.63) is 30.1 Å². The molecule has 0 bridgehead atoms. The summed E-state index contributed by atoms with van der Waals surface area (Å²) >= 11 is 0. The number of hydrogen-bond donors (Lipinski definition) is 2. The molecule has 1 saturated heterocycles. The molecule has 1 aliphatic rings. The van der Waals surface area contributed by atoms with Gasteiger partial charge in [0.2, 0.25) is 5.91 Å². The number of nitrogens with zero attached hydrogens (tertiary/aromatic N) is 1. The molecule has 0 radical (unpaired) electrons. The van der Waals surface area contributed by atoms with E-state index in [0.29, 0.717) is 6.42 Å². The summed E-state index contributed by atoms with van der Waals surface area (Å²) in [5.74, 6) is 0.164. The molecule has 16 heavy (non-hydrogen) atoms. The first kappa shape index (κ1) is 11.1. The maximum absolute atomic E-state index is 11.0. The molecule has 1 aromatic heterocycles. The van der Waals surface area contributed by atoms with E-state index in [-0.39, 0.29) is 18.0 Å². The summed E-state index contributed by atoms with van der Waals surface area (Å²) in [5, 5.41) is 6.32. The zero-order valence-electron chi connectivity index (χ0n) is 9.44. The van der Waals surface area contributed by atoms with Crippen LogP contribution in [-0.4, -0.2) is 23.5 Å². The molecule has 2 N–H and O–H groups in total. The van der Waals surface area contributed by atoms with Crippen molar-refractivity contribution in [1.29, 1.82) is 0 Å². The lowest BCUT2D eigenvalue weighted by atomic mass is 10.2. The SMILES string of the molecule is C[C@H](NCC1CCC(=O)N1)c1ccccn1. The van der Waals surface area contributed by atoms with Gasteiger partial charge in [-0.3, -0.25) is 9.78 Å². The third-order valence-electron chi connectivity index (χ3n) is 2.89. The number of hydrogen-bond acceptors (Lipinski definition) is 3. The fourth-order valence-corrected chi connectivity index (χ4v) is 1.89. The van der Waals surface area contributed by atoms with Crippen LogP contribution in [0.4, 0.5) is 0 Å². The highest BCUT2D eigenvalue weighted by molar-refractivity contribution is 5.78. The average Bonchev–Trinajstić information content (AvgIpc) is 2.73. The summed E-state index contributed by atoms with van der Waals surface area (Å²) in [6, 6.07) is 6.40. The Labute approximate surface area is 95.5 Å². The van der Waals surface area contributed by atoms with Crippen molar-refractivity contribution in [3.63, 3.8) is 0 Å². The molecule has 2 rings (SSSR count). The van der Waals surface area contributed by atoms with Crippen LogP contribution in [0.1, 0.15) is 31.5 Å². The van der Waals surface area contributed by atoms with Gasteiger partial charge in [0.1, 0.15) is 0 Å².